The van der Waals surface area contributed by atoms with Gasteiger partial charge in [-0.25, -0.2) is 0 Å². The Morgan fingerprint density at radius 1 is 1.45 bits per heavy atom. The molecule has 0 aromatic heterocycles. The largest absolute Gasteiger partial charge is 0.386 e. The monoisotopic (exact) mass is 157 g/mol. The third-order valence-corrected chi connectivity index (χ3v) is 1.59. The molecular weight excluding hydrogens is 138 g/mol. The molecular formula is C8H19N3. The molecule has 0 heterocycles. The molecule has 66 valence electrons. The fourth-order valence-electron chi connectivity index (χ4n) is 0.904. The molecule has 0 aliphatic heterocycles. The maximum atomic E-state index is 5.54. The van der Waals surface area contributed by atoms with E-state index >= 15 is 0 Å². The summed E-state index contributed by atoms with van der Waals surface area (Å²) in [4.78, 5) is 2.02. The van der Waals surface area contributed by atoms with E-state index in [4.69, 9.17) is 11.5 Å². The van der Waals surface area contributed by atoms with Gasteiger partial charge in [-0.2, -0.15) is 0 Å². The summed E-state index contributed by atoms with van der Waals surface area (Å²) in [5, 5.41) is 0. The van der Waals surface area contributed by atoms with Gasteiger partial charge in [-0.15, -0.1) is 0 Å². The fraction of sp³-hybridized carbons (Fsp3) is 0.750. The maximum Gasteiger partial charge on any atom is 0.0912 e. The summed E-state index contributed by atoms with van der Waals surface area (Å²) in [6.45, 7) is 8.26. The van der Waals surface area contributed by atoms with Crippen LogP contribution in [0.3, 0.4) is 0 Å². The third-order valence-electron chi connectivity index (χ3n) is 1.59. The number of hydrogen-bond donors (Lipinski definition) is 2. The van der Waals surface area contributed by atoms with Gasteiger partial charge in [0.25, 0.3) is 0 Å². The van der Waals surface area contributed by atoms with E-state index in [-0.39, 0.29) is 0 Å². The molecule has 0 spiro atoms. The van der Waals surface area contributed by atoms with Gasteiger partial charge in [-0.1, -0.05) is 19.9 Å². The molecule has 0 atom stereocenters. The van der Waals surface area contributed by atoms with E-state index in [1.54, 1.807) is 0 Å². The van der Waals surface area contributed by atoms with E-state index < -0.39 is 0 Å². The number of nitrogens with zero attached hydrogens (tertiary/aromatic N) is 1. The summed E-state index contributed by atoms with van der Waals surface area (Å²) in [6, 6.07) is 0. The van der Waals surface area contributed by atoms with Crippen LogP contribution >= 0.6 is 0 Å². The second-order valence-corrected chi connectivity index (χ2v) is 2.62. The standard InChI is InChI=1S/C8H19N3/c1-3-4-6-11(7-5-9)8(2)10/h2-7,9-10H2,1H3. The summed E-state index contributed by atoms with van der Waals surface area (Å²) in [7, 11) is 0. The molecule has 0 unspecified atom stereocenters. The number of rotatable bonds is 6. The maximum absolute atomic E-state index is 5.54. The van der Waals surface area contributed by atoms with Gasteiger partial charge in [0.15, 0.2) is 0 Å². The predicted molar refractivity (Wildman–Crippen MR) is 48.9 cm³/mol. The topological polar surface area (TPSA) is 55.3 Å². The highest BCUT2D eigenvalue weighted by Gasteiger charge is 2.00. The van der Waals surface area contributed by atoms with Crippen molar-refractivity contribution in [3.63, 3.8) is 0 Å². The van der Waals surface area contributed by atoms with Crippen molar-refractivity contribution in [1.82, 2.24) is 4.90 Å². The molecule has 0 bridgehead atoms. The Kier molecular flexibility index (Phi) is 5.65. The number of nitrogens with two attached hydrogens (primary N) is 2. The van der Waals surface area contributed by atoms with Crippen LogP contribution in [0, 0.1) is 0 Å². The normalized spacial score (nSPS) is 9.64. The molecule has 3 nitrogen and oxygen atoms in total. The molecule has 0 aromatic rings. The van der Waals surface area contributed by atoms with Crippen LogP contribution in [0.15, 0.2) is 12.4 Å². The van der Waals surface area contributed by atoms with Crippen molar-refractivity contribution in [3.8, 4) is 0 Å². The Balaban J connectivity index is 3.60. The highest BCUT2D eigenvalue weighted by atomic mass is 15.2. The first-order valence-electron chi connectivity index (χ1n) is 4.11. The van der Waals surface area contributed by atoms with Crippen molar-refractivity contribution in [2.45, 2.75) is 19.8 Å². The van der Waals surface area contributed by atoms with E-state index in [9.17, 15) is 0 Å². The van der Waals surface area contributed by atoms with Crippen molar-refractivity contribution in [1.29, 1.82) is 0 Å². The SMILES string of the molecule is C=C(N)N(CCN)CCCC. The summed E-state index contributed by atoms with van der Waals surface area (Å²) >= 11 is 0. The van der Waals surface area contributed by atoms with Crippen LogP contribution in [-0.4, -0.2) is 24.5 Å². The molecule has 0 saturated carbocycles. The van der Waals surface area contributed by atoms with E-state index in [1.807, 2.05) is 4.90 Å². The summed E-state index contributed by atoms with van der Waals surface area (Å²) in [5.41, 5.74) is 10.9. The molecule has 0 fully saturated rings. The zero-order valence-electron chi connectivity index (χ0n) is 7.34. The first kappa shape index (κ1) is 10.3. The molecule has 0 radical (unpaired) electrons. The third kappa shape index (κ3) is 4.67. The molecule has 0 rings (SSSR count). The van der Waals surface area contributed by atoms with E-state index in [0.29, 0.717) is 12.4 Å². The average molecular weight is 157 g/mol. The lowest BCUT2D eigenvalue weighted by Gasteiger charge is -2.22. The van der Waals surface area contributed by atoms with Gasteiger partial charge in [-0.05, 0) is 6.42 Å². The van der Waals surface area contributed by atoms with Gasteiger partial charge in [0, 0.05) is 19.6 Å². The highest BCUT2D eigenvalue weighted by molar-refractivity contribution is 4.86. The van der Waals surface area contributed by atoms with Crippen molar-refractivity contribution < 1.29 is 0 Å². The predicted octanol–water partition coefficient (Wildman–Crippen LogP) is 0.477. The van der Waals surface area contributed by atoms with Crippen LogP contribution in [0.2, 0.25) is 0 Å². The van der Waals surface area contributed by atoms with Crippen LogP contribution in [0.5, 0.6) is 0 Å². The van der Waals surface area contributed by atoms with Crippen LogP contribution in [-0.2, 0) is 0 Å². The lowest BCUT2D eigenvalue weighted by atomic mass is 10.3. The van der Waals surface area contributed by atoms with Crippen LogP contribution < -0.4 is 11.5 Å². The molecule has 11 heavy (non-hydrogen) atoms. The number of hydrogen-bond acceptors (Lipinski definition) is 3. The van der Waals surface area contributed by atoms with Crippen molar-refractivity contribution in [2.75, 3.05) is 19.6 Å². The van der Waals surface area contributed by atoms with E-state index in [2.05, 4.69) is 13.5 Å². The van der Waals surface area contributed by atoms with Crippen LogP contribution in [0.1, 0.15) is 19.8 Å². The van der Waals surface area contributed by atoms with Gasteiger partial charge >= 0.3 is 0 Å². The van der Waals surface area contributed by atoms with Gasteiger partial charge in [0.05, 0.1) is 5.82 Å². The second kappa shape index (κ2) is 6.04. The Hall–Kier alpha value is -0.700. The first-order valence-corrected chi connectivity index (χ1v) is 4.11. The summed E-state index contributed by atoms with van der Waals surface area (Å²) in [6.07, 6.45) is 2.32. The molecule has 0 aromatic carbocycles. The molecule has 3 heteroatoms. The minimum atomic E-state index is 0.629. The van der Waals surface area contributed by atoms with Crippen LogP contribution in [0.4, 0.5) is 0 Å². The van der Waals surface area contributed by atoms with Crippen molar-refractivity contribution in [3.05, 3.63) is 12.4 Å². The van der Waals surface area contributed by atoms with Gasteiger partial charge in [0.1, 0.15) is 0 Å². The van der Waals surface area contributed by atoms with E-state index in [1.165, 1.54) is 6.42 Å². The van der Waals surface area contributed by atoms with Gasteiger partial charge < -0.3 is 16.4 Å². The molecule has 0 amide bonds. The minimum Gasteiger partial charge on any atom is -0.386 e. The zero-order chi connectivity index (χ0) is 8.69. The van der Waals surface area contributed by atoms with Crippen LogP contribution in [0.25, 0.3) is 0 Å². The second-order valence-electron chi connectivity index (χ2n) is 2.62. The molecule has 0 saturated heterocycles. The zero-order valence-corrected chi connectivity index (χ0v) is 7.34. The fourth-order valence-corrected chi connectivity index (χ4v) is 0.904. The van der Waals surface area contributed by atoms with Gasteiger partial charge in [-0.3, -0.25) is 0 Å². The van der Waals surface area contributed by atoms with Crippen molar-refractivity contribution in [2.24, 2.45) is 11.5 Å². The quantitative estimate of drug-likeness (QED) is 0.589. The minimum absolute atomic E-state index is 0.629. The Morgan fingerprint density at radius 3 is 2.45 bits per heavy atom. The Labute approximate surface area is 69.0 Å². The molecule has 0 aliphatic carbocycles. The lowest BCUT2D eigenvalue weighted by Crippen LogP contribution is -2.32. The van der Waals surface area contributed by atoms with Gasteiger partial charge in [0.2, 0.25) is 0 Å². The average Bonchev–Trinajstić information content (AvgIpc) is 1.97. The lowest BCUT2D eigenvalue weighted by molar-refractivity contribution is 0.344. The number of unbranched alkanes of at least 4 members (excludes halogenated alkanes) is 1. The first-order chi connectivity index (χ1) is 5.22. The smallest absolute Gasteiger partial charge is 0.0912 e. The molecule has 4 N–H and O–H groups in total. The highest BCUT2D eigenvalue weighted by Crippen LogP contribution is 1.97. The van der Waals surface area contributed by atoms with Crippen molar-refractivity contribution >= 4 is 0 Å². The van der Waals surface area contributed by atoms with E-state index in [0.717, 1.165) is 19.5 Å². The summed E-state index contributed by atoms with van der Waals surface area (Å²) in [5.74, 6) is 0.629. The Bertz CT molecular complexity index is 112. The molecule has 0 aliphatic rings. The Morgan fingerprint density at radius 2 is 2.09 bits per heavy atom. The summed E-state index contributed by atoms with van der Waals surface area (Å²) < 4.78 is 0.